The number of nitrogens with one attached hydrogen (secondary N) is 1. The molecule has 0 fully saturated rings. The third-order valence-corrected chi connectivity index (χ3v) is 5.16. The normalized spacial score (nSPS) is 17.2. The average molecular weight is 339 g/mol. The lowest BCUT2D eigenvalue weighted by molar-refractivity contribution is 0.376. The molecule has 2 aliphatic heterocycles. The molecule has 0 saturated heterocycles. The van der Waals surface area contributed by atoms with Crippen molar-refractivity contribution < 1.29 is 9.32 Å². The molecule has 2 heterocycles. The Bertz CT molecular complexity index is 996. The number of hydrogen-bond donors (Lipinski definition) is 2. The van der Waals surface area contributed by atoms with Gasteiger partial charge in [0.15, 0.2) is 0 Å². The molecular weight excluding hydrogens is 322 g/mol. The first-order valence-corrected chi connectivity index (χ1v) is 9.10. The summed E-state index contributed by atoms with van der Waals surface area (Å²) >= 11 is 0. The molecule has 1 atom stereocenters. The number of aliphatic hydroxyl groups excluding tert-OH is 1. The van der Waals surface area contributed by atoms with Crippen molar-refractivity contribution in [1.82, 2.24) is 10.3 Å². The van der Waals surface area contributed by atoms with Crippen LogP contribution < -0.4 is 20.9 Å². The maximum atomic E-state index is 11.5. The van der Waals surface area contributed by atoms with E-state index >= 15 is 0 Å². The van der Waals surface area contributed by atoms with E-state index in [0.29, 0.717) is 0 Å². The number of likely N-dealkylation sites (N-methyl/N-ethyl adjacent to an activating group) is 1. The molecule has 2 aromatic carbocycles. The van der Waals surface area contributed by atoms with Gasteiger partial charge in [-0.25, -0.2) is 5.01 Å². The van der Waals surface area contributed by atoms with E-state index in [2.05, 4.69) is 5.43 Å². The van der Waals surface area contributed by atoms with Crippen LogP contribution in [0, 0.1) is 0 Å². The molecule has 2 aliphatic rings. The lowest BCUT2D eigenvalue weighted by Crippen LogP contribution is -2.40. The van der Waals surface area contributed by atoms with Crippen molar-refractivity contribution in [1.29, 1.82) is 0 Å². The Morgan fingerprint density at radius 1 is 1.08 bits per heavy atom. The molecule has 24 heavy (non-hydrogen) atoms. The van der Waals surface area contributed by atoms with Crippen LogP contribution in [0.15, 0.2) is 65.0 Å². The van der Waals surface area contributed by atoms with Crippen molar-refractivity contribution in [3.05, 3.63) is 70.5 Å². The number of rotatable bonds is 2. The zero-order valence-electron chi connectivity index (χ0n) is 13.4. The molecule has 0 aromatic heterocycles. The number of hydrazine groups is 1. The highest BCUT2D eigenvalue weighted by atomic mass is 32.2. The Kier molecular flexibility index (Phi) is 3.35. The summed E-state index contributed by atoms with van der Waals surface area (Å²) in [5.41, 5.74) is 5.67. The van der Waals surface area contributed by atoms with Gasteiger partial charge in [0.1, 0.15) is 5.70 Å². The first-order valence-electron chi connectivity index (χ1n) is 7.54. The van der Waals surface area contributed by atoms with Crippen molar-refractivity contribution in [2.45, 2.75) is 4.90 Å². The second-order valence-electron chi connectivity index (χ2n) is 5.77. The van der Waals surface area contributed by atoms with Crippen molar-refractivity contribution in [3.8, 4) is 0 Å². The summed E-state index contributed by atoms with van der Waals surface area (Å²) in [6.07, 6.45) is 3.65. The van der Waals surface area contributed by atoms with Gasteiger partial charge in [0, 0.05) is 45.6 Å². The van der Waals surface area contributed by atoms with Crippen molar-refractivity contribution >= 4 is 28.4 Å². The van der Waals surface area contributed by atoms with E-state index in [1.165, 1.54) is 0 Å². The van der Waals surface area contributed by atoms with Gasteiger partial charge in [-0.15, -0.1) is 0 Å². The summed E-state index contributed by atoms with van der Waals surface area (Å²) in [6.45, 7) is 0. The fourth-order valence-corrected chi connectivity index (χ4v) is 3.56. The van der Waals surface area contributed by atoms with Crippen molar-refractivity contribution in [3.63, 3.8) is 0 Å². The Morgan fingerprint density at radius 2 is 1.79 bits per heavy atom. The van der Waals surface area contributed by atoms with Gasteiger partial charge >= 0.3 is 0 Å². The number of nitrogens with zero attached hydrogens (tertiary/aromatic N) is 2. The fraction of sp³-hybridized carbons (Fsp3) is 0.111. The van der Waals surface area contributed by atoms with Gasteiger partial charge in [0.2, 0.25) is 5.88 Å². The maximum absolute atomic E-state index is 11.5. The highest BCUT2D eigenvalue weighted by Gasteiger charge is 2.31. The molecule has 0 spiro atoms. The molecule has 5 nitrogen and oxygen atoms in total. The first-order chi connectivity index (χ1) is 11.6. The van der Waals surface area contributed by atoms with Crippen LogP contribution in [0.3, 0.4) is 0 Å². The minimum atomic E-state index is -1.02. The number of fused-ring (bicyclic) bond motifs is 2. The minimum absolute atomic E-state index is 0.142. The SMILES string of the molecule is CN1C=c2ccccc2=C2NN(c3ccc(S(C)=O)cc3)C(O)=C21. The smallest absolute Gasteiger partial charge is 0.237 e. The Hall–Kier alpha value is -2.73. The summed E-state index contributed by atoms with van der Waals surface area (Å²) in [5.74, 6) is 0.142. The first kappa shape index (κ1) is 14.8. The molecule has 0 aliphatic carbocycles. The quantitative estimate of drug-likeness (QED) is 0.854. The Balaban J connectivity index is 1.83. The minimum Gasteiger partial charge on any atom is -0.492 e. The van der Waals surface area contributed by atoms with Gasteiger partial charge in [0.05, 0.1) is 11.4 Å². The van der Waals surface area contributed by atoms with E-state index in [9.17, 15) is 9.32 Å². The lowest BCUT2D eigenvalue weighted by Gasteiger charge is -2.20. The molecule has 2 aromatic rings. The van der Waals surface area contributed by atoms with E-state index in [1.54, 1.807) is 11.3 Å². The highest BCUT2D eigenvalue weighted by molar-refractivity contribution is 7.84. The molecular formula is C18H17N3O2S. The van der Waals surface area contributed by atoms with E-state index in [0.717, 1.165) is 32.4 Å². The highest BCUT2D eigenvalue weighted by Crippen LogP contribution is 2.30. The van der Waals surface area contributed by atoms with E-state index in [4.69, 9.17) is 0 Å². The number of hydrogen-bond acceptors (Lipinski definition) is 5. The number of aliphatic hydroxyl groups is 1. The van der Waals surface area contributed by atoms with Crippen LogP contribution >= 0.6 is 0 Å². The van der Waals surface area contributed by atoms with Crippen LogP contribution in [0.2, 0.25) is 0 Å². The van der Waals surface area contributed by atoms with Crippen LogP contribution in [0.25, 0.3) is 11.9 Å². The van der Waals surface area contributed by atoms with E-state index in [1.807, 2.05) is 66.7 Å². The second-order valence-corrected chi connectivity index (χ2v) is 7.15. The summed E-state index contributed by atoms with van der Waals surface area (Å²) in [5, 5.41) is 14.5. The van der Waals surface area contributed by atoms with Gasteiger partial charge < -0.3 is 10.0 Å². The van der Waals surface area contributed by atoms with Crippen LogP contribution in [0.5, 0.6) is 0 Å². The van der Waals surface area contributed by atoms with Crippen molar-refractivity contribution in [2.24, 2.45) is 0 Å². The summed E-state index contributed by atoms with van der Waals surface area (Å²) in [7, 11) is 0.891. The third-order valence-electron chi connectivity index (χ3n) is 4.23. The summed E-state index contributed by atoms with van der Waals surface area (Å²) in [6, 6.07) is 15.3. The monoisotopic (exact) mass is 339 g/mol. The largest absolute Gasteiger partial charge is 0.492 e. The molecule has 1 unspecified atom stereocenters. The topological polar surface area (TPSA) is 55.8 Å². The molecule has 6 heteroatoms. The van der Waals surface area contributed by atoms with Gasteiger partial charge in [-0.3, -0.25) is 9.63 Å². The van der Waals surface area contributed by atoms with Crippen LogP contribution in [0.1, 0.15) is 0 Å². The molecule has 0 saturated carbocycles. The molecule has 0 amide bonds. The van der Waals surface area contributed by atoms with Gasteiger partial charge in [-0.05, 0) is 24.3 Å². The third kappa shape index (κ3) is 2.18. The zero-order valence-corrected chi connectivity index (χ0v) is 14.2. The second kappa shape index (κ2) is 5.42. The predicted octanol–water partition coefficient (Wildman–Crippen LogP) is 0.968. The molecule has 122 valence electrons. The number of benzene rings is 2. The Morgan fingerprint density at radius 3 is 2.50 bits per heavy atom. The average Bonchev–Trinajstić information content (AvgIpc) is 2.93. The van der Waals surface area contributed by atoms with Gasteiger partial charge in [-0.1, -0.05) is 24.3 Å². The fourth-order valence-electron chi connectivity index (χ4n) is 3.04. The van der Waals surface area contributed by atoms with E-state index in [-0.39, 0.29) is 5.88 Å². The van der Waals surface area contributed by atoms with Crippen molar-refractivity contribution in [2.75, 3.05) is 18.3 Å². The molecule has 4 rings (SSSR count). The number of anilines is 1. The van der Waals surface area contributed by atoms with Crippen LogP contribution in [-0.2, 0) is 10.8 Å². The van der Waals surface area contributed by atoms with Crippen LogP contribution in [0.4, 0.5) is 5.69 Å². The predicted molar refractivity (Wildman–Crippen MR) is 95.4 cm³/mol. The van der Waals surface area contributed by atoms with E-state index < -0.39 is 10.8 Å². The Labute approximate surface area is 142 Å². The molecule has 0 bridgehead atoms. The maximum Gasteiger partial charge on any atom is 0.237 e. The van der Waals surface area contributed by atoms with Gasteiger partial charge in [0.25, 0.3) is 0 Å². The lowest BCUT2D eigenvalue weighted by atomic mass is 10.1. The standard InChI is InChI=1S/C18H17N3O2S/c1-20-11-12-5-3-4-6-15(12)16-17(20)18(22)21(19-16)13-7-9-14(10-8-13)24(2)23/h3-11,19,22H,1-2H3. The molecule has 0 radical (unpaired) electrons. The zero-order chi connectivity index (χ0) is 16.8. The summed E-state index contributed by atoms with van der Waals surface area (Å²) < 4.78 is 11.5. The summed E-state index contributed by atoms with van der Waals surface area (Å²) in [4.78, 5) is 2.67. The molecule has 2 N–H and O–H groups in total. The van der Waals surface area contributed by atoms with Gasteiger partial charge in [-0.2, -0.15) is 0 Å². The van der Waals surface area contributed by atoms with Crippen LogP contribution in [-0.4, -0.2) is 27.5 Å².